The van der Waals surface area contributed by atoms with Crippen LogP contribution in [0.2, 0.25) is 0 Å². The first-order valence-corrected chi connectivity index (χ1v) is 5.96. The number of hydrogen-bond acceptors (Lipinski definition) is 1. The Kier molecular flexibility index (Phi) is 6.05. The molecule has 1 heteroatoms. The van der Waals surface area contributed by atoms with Gasteiger partial charge in [0, 0.05) is 13.1 Å². The van der Waals surface area contributed by atoms with Gasteiger partial charge in [-0.05, 0) is 29.5 Å². The zero-order valence-electron chi connectivity index (χ0n) is 10.4. The van der Waals surface area contributed by atoms with Crippen molar-refractivity contribution in [3.63, 3.8) is 0 Å². The maximum absolute atomic E-state index is 3.83. The number of benzene rings is 1. The molecule has 1 N–H and O–H groups in total. The molecular weight excluding hydrogens is 206 g/mol. The van der Waals surface area contributed by atoms with Crippen LogP contribution in [0.4, 0.5) is 0 Å². The van der Waals surface area contributed by atoms with Gasteiger partial charge in [0.15, 0.2) is 0 Å². The molecule has 0 heterocycles. The Balaban J connectivity index is 2.92. The fourth-order valence-electron chi connectivity index (χ4n) is 1.92. The summed E-state index contributed by atoms with van der Waals surface area (Å²) in [5.41, 5.74) is 4.06. The van der Waals surface area contributed by atoms with Crippen molar-refractivity contribution in [3.05, 3.63) is 72.9 Å². The van der Waals surface area contributed by atoms with Gasteiger partial charge in [0.05, 0.1) is 0 Å². The van der Waals surface area contributed by atoms with E-state index in [1.54, 1.807) is 0 Å². The van der Waals surface area contributed by atoms with E-state index in [1.807, 2.05) is 18.2 Å². The van der Waals surface area contributed by atoms with Crippen molar-refractivity contribution in [2.24, 2.45) is 0 Å². The molecule has 0 atom stereocenters. The van der Waals surface area contributed by atoms with Crippen LogP contribution in [0.1, 0.15) is 16.7 Å². The zero-order chi connectivity index (χ0) is 12.5. The van der Waals surface area contributed by atoms with Crippen molar-refractivity contribution in [1.82, 2.24) is 5.32 Å². The number of nitrogens with one attached hydrogen (secondary N) is 1. The second-order valence-corrected chi connectivity index (χ2v) is 3.96. The van der Waals surface area contributed by atoms with Gasteiger partial charge in [-0.2, -0.15) is 0 Å². The van der Waals surface area contributed by atoms with Crippen LogP contribution in [0.3, 0.4) is 0 Å². The minimum absolute atomic E-state index is 0.833. The van der Waals surface area contributed by atoms with Crippen LogP contribution in [0.15, 0.2) is 56.2 Å². The SMILES string of the molecule is C=CCNCc1cccc(CC=C)c1CC=C. The van der Waals surface area contributed by atoms with Crippen molar-refractivity contribution in [1.29, 1.82) is 0 Å². The fourth-order valence-corrected chi connectivity index (χ4v) is 1.92. The van der Waals surface area contributed by atoms with Gasteiger partial charge in [-0.1, -0.05) is 36.4 Å². The smallest absolute Gasteiger partial charge is 0.0211 e. The quantitative estimate of drug-likeness (QED) is 0.530. The molecule has 0 aliphatic heterocycles. The summed E-state index contributed by atoms with van der Waals surface area (Å²) in [6, 6.07) is 6.44. The lowest BCUT2D eigenvalue weighted by molar-refractivity contribution is 0.752. The molecule has 0 aliphatic carbocycles. The van der Waals surface area contributed by atoms with Crippen LogP contribution >= 0.6 is 0 Å². The Morgan fingerprint density at radius 3 is 2.29 bits per heavy atom. The molecule has 17 heavy (non-hydrogen) atoms. The van der Waals surface area contributed by atoms with E-state index < -0.39 is 0 Å². The molecule has 90 valence electrons. The van der Waals surface area contributed by atoms with Gasteiger partial charge in [-0.25, -0.2) is 0 Å². The second-order valence-electron chi connectivity index (χ2n) is 3.96. The summed E-state index contributed by atoms with van der Waals surface area (Å²) in [4.78, 5) is 0. The summed E-state index contributed by atoms with van der Waals surface area (Å²) in [6.07, 6.45) is 7.61. The average molecular weight is 227 g/mol. The maximum atomic E-state index is 3.83. The van der Waals surface area contributed by atoms with Gasteiger partial charge in [-0.15, -0.1) is 19.7 Å². The first-order valence-electron chi connectivity index (χ1n) is 5.96. The van der Waals surface area contributed by atoms with E-state index in [4.69, 9.17) is 0 Å². The second kappa shape index (κ2) is 7.64. The highest BCUT2D eigenvalue weighted by atomic mass is 14.8. The molecule has 1 aromatic rings. The minimum Gasteiger partial charge on any atom is -0.309 e. The van der Waals surface area contributed by atoms with E-state index in [0.717, 1.165) is 25.9 Å². The maximum Gasteiger partial charge on any atom is 0.0211 e. The Hall–Kier alpha value is -1.60. The Morgan fingerprint density at radius 1 is 0.941 bits per heavy atom. The van der Waals surface area contributed by atoms with E-state index in [2.05, 4.69) is 43.3 Å². The first-order chi connectivity index (χ1) is 8.33. The molecule has 1 nitrogen and oxygen atoms in total. The molecule has 0 bridgehead atoms. The zero-order valence-corrected chi connectivity index (χ0v) is 10.4. The number of allylic oxidation sites excluding steroid dienone is 2. The van der Waals surface area contributed by atoms with Gasteiger partial charge >= 0.3 is 0 Å². The third kappa shape index (κ3) is 4.04. The predicted molar refractivity (Wildman–Crippen MR) is 76.1 cm³/mol. The van der Waals surface area contributed by atoms with E-state index in [0.29, 0.717) is 0 Å². The monoisotopic (exact) mass is 227 g/mol. The van der Waals surface area contributed by atoms with Crippen LogP contribution in [-0.4, -0.2) is 6.54 Å². The van der Waals surface area contributed by atoms with E-state index in [1.165, 1.54) is 16.7 Å². The van der Waals surface area contributed by atoms with Crippen molar-refractivity contribution >= 4 is 0 Å². The Morgan fingerprint density at radius 2 is 1.65 bits per heavy atom. The number of hydrogen-bond donors (Lipinski definition) is 1. The van der Waals surface area contributed by atoms with Gasteiger partial charge < -0.3 is 5.32 Å². The molecule has 0 saturated heterocycles. The molecule has 0 spiro atoms. The molecule has 0 saturated carbocycles. The lowest BCUT2D eigenvalue weighted by Crippen LogP contribution is -2.14. The van der Waals surface area contributed by atoms with Crippen molar-refractivity contribution in [2.75, 3.05) is 6.54 Å². The first kappa shape index (κ1) is 13.5. The van der Waals surface area contributed by atoms with Gasteiger partial charge in [-0.3, -0.25) is 0 Å². The normalized spacial score (nSPS) is 9.88. The van der Waals surface area contributed by atoms with Gasteiger partial charge in [0.2, 0.25) is 0 Å². The molecule has 1 aromatic carbocycles. The van der Waals surface area contributed by atoms with Crippen LogP contribution < -0.4 is 5.32 Å². The lowest BCUT2D eigenvalue weighted by atomic mass is 9.96. The molecular formula is C16H21N. The van der Waals surface area contributed by atoms with Crippen LogP contribution in [0, 0.1) is 0 Å². The summed E-state index contributed by atoms with van der Waals surface area (Å²) < 4.78 is 0. The van der Waals surface area contributed by atoms with Crippen LogP contribution in [-0.2, 0) is 19.4 Å². The molecule has 0 unspecified atom stereocenters. The molecule has 0 aliphatic rings. The Labute approximate surface area is 105 Å². The van der Waals surface area contributed by atoms with E-state index in [-0.39, 0.29) is 0 Å². The molecule has 0 fully saturated rings. The molecule has 1 rings (SSSR count). The molecule has 0 amide bonds. The largest absolute Gasteiger partial charge is 0.309 e. The third-order valence-corrected chi connectivity index (χ3v) is 2.69. The highest BCUT2D eigenvalue weighted by Crippen LogP contribution is 2.17. The summed E-state index contributed by atoms with van der Waals surface area (Å²) >= 11 is 0. The van der Waals surface area contributed by atoms with Gasteiger partial charge in [0.25, 0.3) is 0 Å². The molecule has 0 aromatic heterocycles. The Bertz CT molecular complexity index is 391. The van der Waals surface area contributed by atoms with Crippen molar-refractivity contribution < 1.29 is 0 Å². The van der Waals surface area contributed by atoms with Crippen molar-refractivity contribution in [3.8, 4) is 0 Å². The summed E-state index contributed by atoms with van der Waals surface area (Å²) in [7, 11) is 0. The van der Waals surface area contributed by atoms with Crippen LogP contribution in [0.5, 0.6) is 0 Å². The minimum atomic E-state index is 0.833. The van der Waals surface area contributed by atoms with E-state index >= 15 is 0 Å². The van der Waals surface area contributed by atoms with Crippen LogP contribution in [0.25, 0.3) is 0 Å². The standard InChI is InChI=1S/C16H21N/c1-4-8-14-10-7-11-15(13-17-12-6-3)16(14)9-5-2/h4-7,10-11,17H,1-3,8-9,12-13H2. The number of rotatable bonds is 8. The van der Waals surface area contributed by atoms with E-state index in [9.17, 15) is 0 Å². The highest BCUT2D eigenvalue weighted by Gasteiger charge is 2.05. The van der Waals surface area contributed by atoms with Gasteiger partial charge in [0.1, 0.15) is 0 Å². The third-order valence-electron chi connectivity index (χ3n) is 2.69. The molecule has 0 radical (unpaired) electrons. The topological polar surface area (TPSA) is 12.0 Å². The summed E-state index contributed by atoms with van der Waals surface area (Å²) in [6.45, 7) is 13.1. The summed E-state index contributed by atoms with van der Waals surface area (Å²) in [5, 5.41) is 3.34. The summed E-state index contributed by atoms with van der Waals surface area (Å²) in [5.74, 6) is 0. The predicted octanol–water partition coefficient (Wildman–Crippen LogP) is 3.42. The lowest BCUT2D eigenvalue weighted by Gasteiger charge is -2.13. The highest BCUT2D eigenvalue weighted by molar-refractivity contribution is 5.37. The van der Waals surface area contributed by atoms with Crippen molar-refractivity contribution in [2.45, 2.75) is 19.4 Å². The fraction of sp³-hybridized carbons (Fsp3) is 0.250. The average Bonchev–Trinajstić information content (AvgIpc) is 2.33.